The van der Waals surface area contributed by atoms with E-state index in [-0.39, 0.29) is 11.5 Å². The topological polar surface area (TPSA) is 37.3 Å². The van der Waals surface area contributed by atoms with E-state index in [2.05, 4.69) is 32.6 Å². The maximum atomic E-state index is 11.9. The smallest absolute Gasteiger partial charge is 0.155 e. The van der Waals surface area contributed by atoms with Crippen molar-refractivity contribution in [2.45, 2.75) is 52.1 Å². The molecule has 0 aliphatic heterocycles. The number of allylic oxidation sites excluding steroid dienone is 3. The van der Waals surface area contributed by atoms with Gasteiger partial charge in [-0.3, -0.25) is 4.79 Å². The number of fused-ring (bicyclic) bond motifs is 5. The fourth-order valence-corrected chi connectivity index (χ4v) is 6.22. The fourth-order valence-electron chi connectivity index (χ4n) is 6.22. The number of aliphatic hydroxyl groups excluding tert-OH is 1. The molecule has 2 saturated carbocycles. The maximum absolute atomic E-state index is 11.9. The molecule has 2 fully saturated rings. The summed E-state index contributed by atoms with van der Waals surface area (Å²) in [6.45, 7) is 8.67. The lowest BCUT2D eigenvalue weighted by Gasteiger charge is -2.55. The largest absolute Gasteiger partial charge is 0.392 e. The molecule has 124 valence electrons. The highest BCUT2D eigenvalue weighted by atomic mass is 16.3. The van der Waals surface area contributed by atoms with Crippen molar-refractivity contribution < 1.29 is 9.90 Å². The number of hydrogen-bond donors (Lipinski definition) is 1. The molecular weight excluding hydrogens is 284 g/mol. The van der Waals surface area contributed by atoms with Crippen LogP contribution in [0.4, 0.5) is 0 Å². The van der Waals surface area contributed by atoms with Crippen molar-refractivity contribution in [1.29, 1.82) is 0 Å². The monoisotopic (exact) mass is 312 g/mol. The zero-order chi connectivity index (χ0) is 16.4. The standard InChI is InChI=1S/C21H28O2/c1-4-14-12(2)17-11-13(22)5-6-15(17)16-9-10-21(3)18(20(14)16)7-8-19(21)23/h4,7,11-12,14-16,19-20,23H,1,5-6,8-10H2,2-3H3/t12?,14?,15-,16-,19?,20-,21+/m1/s1. The van der Waals surface area contributed by atoms with Gasteiger partial charge in [-0.05, 0) is 61.3 Å². The van der Waals surface area contributed by atoms with Crippen molar-refractivity contribution in [2.24, 2.45) is 35.0 Å². The van der Waals surface area contributed by atoms with Gasteiger partial charge in [-0.25, -0.2) is 0 Å². The lowest BCUT2D eigenvalue weighted by Crippen LogP contribution is -2.49. The van der Waals surface area contributed by atoms with Crippen LogP contribution in [0.25, 0.3) is 0 Å². The Balaban J connectivity index is 1.79. The van der Waals surface area contributed by atoms with Gasteiger partial charge in [0.25, 0.3) is 0 Å². The summed E-state index contributed by atoms with van der Waals surface area (Å²) in [6.07, 6.45) is 11.0. The molecule has 0 aromatic rings. The van der Waals surface area contributed by atoms with E-state index in [1.807, 2.05) is 6.08 Å². The van der Waals surface area contributed by atoms with Crippen LogP contribution in [0.3, 0.4) is 0 Å². The summed E-state index contributed by atoms with van der Waals surface area (Å²) in [5.41, 5.74) is 2.84. The quantitative estimate of drug-likeness (QED) is 0.741. The average molecular weight is 312 g/mol. The van der Waals surface area contributed by atoms with Gasteiger partial charge in [-0.1, -0.05) is 37.1 Å². The second-order valence-corrected chi connectivity index (χ2v) is 8.41. The molecule has 2 nitrogen and oxygen atoms in total. The summed E-state index contributed by atoms with van der Waals surface area (Å²) in [5.74, 6) is 2.79. The fraction of sp³-hybridized carbons (Fsp3) is 0.667. The zero-order valence-electron chi connectivity index (χ0n) is 14.3. The molecule has 0 radical (unpaired) electrons. The van der Waals surface area contributed by atoms with Crippen molar-refractivity contribution in [2.75, 3.05) is 0 Å². The Labute approximate surface area is 139 Å². The molecule has 0 saturated heterocycles. The molecule has 0 amide bonds. The first-order valence-corrected chi connectivity index (χ1v) is 9.23. The van der Waals surface area contributed by atoms with Crippen molar-refractivity contribution in [1.82, 2.24) is 0 Å². The minimum absolute atomic E-state index is 0.0339. The summed E-state index contributed by atoms with van der Waals surface area (Å²) in [4.78, 5) is 11.9. The number of carbonyl (C=O) groups excluding carboxylic acids is 1. The van der Waals surface area contributed by atoms with Gasteiger partial charge in [-0.15, -0.1) is 6.58 Å². The number of hydrogen-bond acceptors (Lipinski definition) is 2. The predicted octanol–water partition coefficient (Wildman–Crippen LogP) is 4.07. The van der Waals surface area contributed by atoms with E-state index < -0.39 is 0 Å². The van der Waals surface area contributed by atoms with Crippen LogP contribution < -0.4 is 0 Å². The highest BCUT2D eigenvalue weighted by Crippen LogP contribution is 2.62. The van der Waals surface area contributed by atoms with Gasteiger partial charge in [0.1, 0.15) is 0 Å². The Morgan fingerprint density at radius 1 is 1.39 bits per heavy atom. The van der Waals surface area contributed by atoms with E-state index in [9.17, 15) is 9.90 Å². The number of rotatable bonds is 1. The predicted molar refractivity (Wildman–Crippen MR) is 91.7 cm³/mol. The summed E-state index contributed by atoms with van der Waals surface area (Å²) in [6, 6.07) is 0. The molecule has 1 N–H and O–H groups in total. The highest BCUT2D eigenvalue weighted by molar-refractivity contribution is 5.91. The Hall–Kier alpha value is -1.15. The molecule has 4 aliphatic rings. The molecule has 0 aromatic carbocycles. The van der Waals surface area contributed by atoms with Crippen molar-refractivity contribution >= 4 is 5.78 Å². The van der Waals surface area contributed by atoms with Gasteiger partial charge in [0.05, 0.1) is 6.10 Å². The first-order chi connectivity index (χ1) is 11.0. The molecule has 7 atom stereocenters. The Morgan fingerprint density at radius 3 is 2.91 bits per heavy atom. The number of ketones is 1. The van der Waals surface area contributed by atoms with E-state index in [1.54, 1.807) is 0 Å². The highest BCUT2D eigenvalue weighted by Gasteiger charge is 2.55. The Morgan fingerprint density at radius 2 is 2.17 bits per heavy atom. The molecule has 23 heavy (non-hydrogen) atoms. The molecule has 4 aliphatic carbocycles. The summed E-state index contributed by atoms with van der Waals surface area (Å²) >= 11 is 0. The molecule has 0 spiro atoms. The van der Waals surface area contributed by atoms with Gasteiger partial charge in [0.2, 0.25) is 0 Å². The van der Waals surface area contributed by atoms with Crippen LogP contribution >= 0.6 is 0 Å². The van der Waals surface area contributed by atoms with Gasteiger partial charge >= 0.3 is 0 Å². The lowest BCUT2D eigenvalue weighted by molar-refractivity contribution is -0.116. The molecule has 0 aromatic heterocycles. The van der Waals surface area contributed by atoms with Gasteiger partial charge in [-0.2, -0.15) is 0 Å². The minimum atomic E-state index is -0.218. The van der Waals surface area contributed by atoms with Crippen molar-refractivity contribution in [3.63, 3.8) is 0 Å². The SMILES string of the molecule is C=CC1C(C)C2=CC(=O)CC[C@@H]2[C@H]2CC[C@@]3(C)C(=CCC3O)[C@H]12. The second kappa shape index (κ2) is 5.17. The van der Waals surface area contributed by atoms with Crippen molar-refractivity contribution in [3.8, 4) is 0 Å². The van der Waals surface area contributed by atoms with E-state index in [0.717, 1.165) is 19.3 Å². The zero-order valence-corrected chi connectivity index (χ0v) is 14.3. The maximum Gasteiger partial charge on any atom is 0.155 e. The summed E-state index contributed by atoms with van der Waals surface area (Å²) in [7, 11) is 0. The Kier molecular flexibility index (Phi) is 3.46. The van der Waals surface area contributed by atoms with Gasteiger partial charge < -0.3 is 5.11 Å². The van der Waals surface area contributed by atoms with E-state index >= 15 is 0 Å². The van der Waals surface area contributed by atoms with Crippen LogP contribution in [0, 0.1) is 35.0 Å². The third kappa shape index (κ3) is 2.00. The van der Waals surface area contributed by atoms with E-state index in [4.69, 9.17) is 0 Å². The number of aliphatic hydroxyl groups is 1. The van der Waals surface area contributed by atoms with Crippen molar-refractivity contribution in [3.05, 3.63) is 36.0 Å². The number of carbonyl (C=O) groups is 1. The molecule has 2 heteroatoms. The van der Waals surface area contributed by atoms with Crippen LogP contribution in [0.15, 0.2) is 36.0 Å². The molecule has 0 bridgehead atoms. The van der Waals surface area contributed by atoms with Gasteiger partial charge in [0.15, 0.2) is 5.78 Å². The summed E-state index contributed by atoms with van der Waals surface area (Å²) in [5, 5.41) is 10.5. The normalized spacial score (nSPS) is 48.7. The Bertz CT molecular complexity index is 613. The van der Waals surface area contributed by atoms with E-state index in [1.165, 1.54) is 17.6 Å². The average Bonchev–Trinajstić information content (AvgIpc) is 2.84. The minimum Gasteiger partial charge on any atom is -0.392 e. The van der Waals surface area contributed by atoms with Crippen LogP contribution in [0.1, 0.15) is 46.0 Å². The van der Waals surface area contributed by atoms with E-state index in [0.29, 0.717) is 41.8 Å². The lowest BCUT2D eigenvalue weighted by atomic mass is 9.49. The summed E-state index contributed by atoms with van der Waals surface area (Å²) < 4.78 is 0. The molecular formula is C21H28O2. The third-order valence-corrected chi connectivity index (χ3v) is 7.54. The third-order valence-electron chi connectivity index (χ3n) is 7.54. The molecule has 0 heterocycles. The van der Waals surface area contributed by atoms with Crippen LogP contribution in [0.5, 0.6) is 0 Å². The second-order valence-electron chi connectivity index (χ2n) is 8.41. The molecule has 3 unspecified atom stereocenters. The van der Waals surface area contributed by atoms with Crippen LogP contribution in [0.2, 0.25) is 0 Å². The van der Waals surface area contributed by atoms with Gasteiger partial charge in [0, 0.05) is 11.8 Å². The molecule has 4 rings (SSSR count). The first kappa shape index (κ1) is 15.4. The van der Waals surface area contributed by atoms with Crippen LogP contribution in [-0.4, -0.2) is 17.0 Å². The van der Waals surface area contributed by atoms with Crippen LogP contribution in [-0.2, 0) is 4.79 Å². The first-order valence-electron chi connectivity index (χ1n) is 9.23.